The van der Waals surface area contributed by atoms with Crippen LogP contribution in [0.4, 0.5) is 0 Å². The monoisotopic (exact) mass is 383 g/mol. The van der Waals surface area contributed by atoms with Gasteiger partial charge in [-0.15, -0.1) is 0 Å². The van der Waals surface area contributed by atoms with Gasteiger partial charge in [0.1, 0.15) is 11.3 Å². The number of ether oxygens (including phenoxy) is 2. The number of esters is 1. The van der Waals surface area contributed by atoms with E-state index in [9.17, 15) is 9.59 Å². The minimum absolute atomic E-state index is 0.0711. The number of aryl methyl sites for hydroxylation is 1. The van der Waals surface area contributed by atoms with E-state index in [2.05, 4.69) is 0 Å². The Labute approximate surface area is 161 Å². The Hall–Kier alpha value is -3.05. The van der Waals surface area contributed by atoms with Gasteiger partial charge in [-0.05, 0) is 55.0 Å². The first kappa shape index (κ1) is 18.7. The number of hydrogen-bond acceptors (Lipinski definition) is 4. The second-order valence-electron chi connectivity index (χ2n) is 5.95. The van der Waals surface area contributed by atoms with Crippen molar-refractivity contribution in [1.82, 2.24) is 4.57 Å². The molecular weight excluding hydrogens is 366 g/mol. The molecule has 6 heteroatoms. The van der Waals surface area contributed by atoms with Gasteiger partial charge in [-0.2, -0.15) is 0 Å². The van der Waals surface area contributed by atoms with E-state index in [4.69, 9.17) is 21.1 Å². The summed E-state index contributed by atoms with van der Waals surface area (Å²) < 4.78 is 11.4. The van der Waals surface area contributed by atoms with E-state index in [1.165, 1.54) is 17.8 Å². The van der Waals surface area contributed by atoms with Crippen LogP contribution in [0.15, 0.2) is 54.1 Å². The molecular formula is C21H18ClNO4. The number of benzene rings is 2. The number of carbonyl (C=O) groups is 2. The summed E-state index contributed by atoms with van der Waals surface area (Å²) in [6, 6.07) is 14.1. The molecule has 0 aliphatic heterocycles. The number of rotatable bonds is 4. The summed E-state index contributed by atoms with van der Waals surface area (Å²) in [6.45, 7) is 1.80. The molecule has 138 valence electrons. The second kappa shape index (κ2) is 7.68. The molecule has 1 heterocycles. The smallest absolute Gasteiger partial charge is 0.343 e. The molecule has 3 aromatic rings. The van der Waals surface area contributed by atoms with Crippen molar-refractivity contribution in [3.8, 4) is 5.75 Å². The molecule has 1 aromatic heterocycles. The average molecular weight is 384 g/mol. The molecule has 0 spiro atoms. The van der Waals surface area contributed by atoms with E-state index < -0.39 is 11.9 Å². The summed E-state index contributed by atoms with van der Waals surface area (Å²) in [6.07, 6.45) is 1.51. The van der Waals surface area contributed by atoms with Crippen LogP contribution in [0, 0.1) is 6.92 Å². The molecule has 0 amide bonds. The van der Waals surface area contributed by atoms with E-state index in [1.54, 1.807) is 56.5 Å². The summed E-state index contributed by atoms with van der Waals surface area (Å²) in [5.74, 6) is -0.485. The van der Waals surface area contributed by atoms with Crippen LogP contribution < -0.4 is 4.74 Å². The zero-order valence-electron chi connectivity index (χ0n) is 15.2. The molecule has 5 nitrogen and oxygen atoms in total. The number of carbonyl (C=O) groups excluding carboxylic acids is 2. The van der Waals surface area contributed by atoms with Crippen molar-refractivity contribution in [2.75, 3.05) is 14.2 Å². The molecule has 0 bridgehead atoms. The Bertz CT molecular complexity index is 1050. The van der Waals surface area contributed by atoms with Gasteiger partial charge in [-0.3, -0.25) is 9.36 Å². The minimum atomic E-state index is -0.703. The summed E-state index contributed by atoms with van der Waals surface area (Å²) >= 11 is 6.04. The number of aromatic nitrogens is 1. The maximum atomic E-state index is 13.2. The third-order valence-electron chi connectivity index (χ3n) is 4.21. The van der Waals surface area contributed by atoms with E-state index in [1.807, 2.05) is 6.07 Å². The summed E-state index contributed by atoms with van der Waals surface area (Å²) in [4.78, 5) is 25.5. The Balaban J connectivity index is 2.10. The predicted octanol–water partition coefficient (Wildman–Crippen LogP) is 4.51. The van der Waals surface area contributed by atoms with Crippen LogP contribution in [0.25, 0.3) is 17.0 Å². The van der Waals surface area contributed by atoms with Crippen molar-refractivity contribution < 1.29 is 19.1 Å². The standard InChI is InChI=1S/C21H18ClNO4/c1-13-10-15-12-16(22)6-9-19(15)23(13)20(24)18(21(25)27-3)11-14-4-7-17(26-2)8-5-14/h4-12H,1-3H3/b18-11-. The molecule has 0 saturated heterocycles. The number of fused-ring (bicyclic) bond motifs is 1. The molecule has 0 unspecified atom stereocenters. The van der Waals surface area contributed by atoms with Gasteiger partial charge >= 0.3 is 5.97 Å². The average Bonchev–Trinajstić information content (AvgIpc) is 3.00. The van der Waals surface area contributed by atoms with Crippen molar-refractivity contribution >= 4 is 40.5 Å². The highest BCUT2D eigenvalue weighted by Gasteiger charge is 2.23. The molecule has 0 fully saturated rings. The Morgan fingerprint density at radius 1 is 1.04 bits per heavy atom. The van der Waals surface area contributed by atoms with E-state index in [-0.39, 0.29) is 5.57 Å². The SMILES string of the molecule is COC(=O)/C(=C\c1ccc(OC)cc1)C(=O)n1c(C)cc2cc(Cl)ccc21. The molecule has 2 aromatic carbocycles. The molecule has 0 radical (unpaired) electrons. The van der Waals surface area contributed by atoms with E-state index >= 15 is 0 Å². The zero-order chi connectivity index (χ0) is 19.6. The quantitative estimate of drug-likeness (QED) is 0.288. The number of halogens is 1. The minimum Gasteiger partial charge on any atom is -0.497 e. The van der Waals surface area contributed by atoms with Crippen LogP contribution in [0.1, 0.15) is 16.1 Å². The van der Waals surface area contributed by atoms with Gasteiger partial charge in [0, 0.05) is 16.1 Å². The fraction of sp³-hybridized carbons (Fsp3) is 0.143. The maximum absolute atomic E-state index is 13.2. The first-order chi connectivity index (χ1) is 12.9. The molecule has 0 aliphatic rings. The predicted molar refractivity (Wildman–Crippen MR) is 105 cm³/mol. The zero-order valence-corrected chi connectivity index (χ0v) is 15.9. The Morgan fingerprint density at radius 2 is 1.74 bits per heavy atom. The first-order valence-corrected chi connectivity index (χ1v) is 8.58. The number of methoxy groups -OCH3 is 2. The molecule has 3 rings (SSSR count). The lowest BCUT2D eigenvalue weighted by Crippen LogP contribution is -2.21. The lowest BCUT2D eigenvalue weighted by atomic mass is 10.1. The lowest BCUT2D eigenvalue weighted by molar-refractivity contribution is -0.135. The highest BCUT2D eigenvalue weighted by Crippen LogP contribution is 2.25. The van der Waals surface area contributed by atoms with Gasteiger partial charge in [0.05, 0.1) is 19.7 Å². The fourth-order valence-electron chi connectivity index (χ4n) is 2.90. The topological polar surface area (TPSA) is 57.5 Å². The van der Waals surface area contributed by atoms with Crippen LogP contribution in [-0.2, 0) is 9.53 Å². The van der Waals surface area contributed by atoms with E-state index in [0.29, 0.717) is 27.5 Å². The van der Waals surface area contributed by atoms with Crippen LogP contribution >= 0.6 is 11.6 Å². The third kappa shape index (κ3) is 3.73. The second-order valence-corrected chi connectivity index (χ2v) is 6.39. The van der Waals surface area contributed by atoms with Crippen LogP contribution in [0.2, 0.25) is 5.02 Å². The van der Waals surface area contributed by atoms with Gasteiger partial charge < -0.3 is 9.47 Å². The van der Waals surface area contributed by atoms with Crippen molar-refractivity contribution in [3.63, 3.8) is 0 Å². The summed E-state index contributed by atoms with van der Waals surface area (Å²) in [7, 11) is 2.82. The van der Waals surface area contributed by atoms with Gasteiger partial charge in [0.15, 0.2) is 0 Å². The third-order valence-corrected chi connectivity index (χ3v) is 4.45. The van der Waals surface area contributed by atoms with Crippen LogP contribution in [0.3, 0.4) is 0 Å². The maximum Gasteiger partial charge on any atom is 0.343 e. The van der Waals surface area contributed by atoms with Crippen LogP contribution in [-0.4, -0.2) is 30.7 Å². The largest absolute Gasteiger partial charge is 0.497 e. The number of hydrogen-bond donors (Lipinski definition) is 0. The first-order valence-electron chi connectivity index (χ1n) is 8.21. The highest BCUT2D eigenvalue weighted by molar-refractivity contribution is 6.31. The van der Waals surface area contributed by atoms with Crippen LogP contribution in [0.5, 0.6) is 5.75 Å². The van der Waals surface area contributed by atoms with Gasteiger partial charge in [-0.25, -0.2) is 4.79 Å². The Morgan fingerprint density at radius 3 is 2.37 bits per heavy atom. The Kier molecular flexibility index (Phi) is 5.33. The summed E-state index contributed by atoms with van der Waals surface area (Å²) in [5, 5.41) is 1.40. The number of nitrogens with zero attached hydrogens (tertiary/aromatic N) is 1. The van der Waals surface area contributed by atoms with Gasteiger partial charge in [0.2, 0.25) is 0 Å². The van der Waals surface area contributed by atoms with Gasteiger partial charge in [-0.1, -0.05) is 23.7 Å². The molecule has 0 atom stereocenters. The molecule has 0 saturated carbocycles. The van der Waals surface area contributed by atoms with Crippen molar-refractivity contribution in [2.45, 2.75) is 6.92 Å². The normalized spacial score (nSPS) is 11.5. The van der Waals surface area contributed by atoms with Crippen molar-refractivity contribution in [1.29, 1.82) is 0 Å². The molecule has 0 N–H and O–H groups in total. The fourth-order valence-corrected chi connectivity index (χ4v) is 3.08. The molecule has 27 heavy (non-hydrogen) atoms. The van der Waals surface area contributed by atoms with Gasteiger partial charge in [0.25, 0.3) is 5.91 Å². The summed E-state index contributed by atoms with van der Waals surface area (Å²) in [5.41, 5.74) is 1.98. The molecule has 0 aliphatic carbocycles. The van der Waals surface area contributed by atoms with Crippen molar-refractivity contribution in [2.24, 2.45) is 0 Å². The van der Waals surface area contributed by atoms with Crippen molar-refractivity contribution in [3.05, 3.63) is 70.4 Å². The lowest BCUT2D eigenvalue weighted by Gasteiger charge is -2.10. The highest BCUT2D eigenvalue weighted by atomic mass is 35.5. The van der Waals surface area contributed by atoms with E-state index in [0.717, 1.165) is 5.39 Å².